The first kappa shape index (κ1) is 20.8. The van der Waals surface area contributed by atoms with Crippen LogP contribution in [0.15, 0.2) is 18.2 Å². The van der Waals surface area contributed by atoms with Crippen LogP contribution in [0.2, 0.25) is 10.0 Å². The van der Waals surface area contributed by atoms with E-state index in [0.29, 0.717) is 42.1 Å². The highest BCUT2D eigenvalue weighted by molar-refractivity contribution is 7.99. The minimum absolute atomic E-state index is 0.0980. The smallest absolute Gasteiger partial charge is 0.230 e. The lowest BCUT2D eigenvalue weighted by atomic mass is 10.2. The van der Waals surface area contributed by atoms with Crippen LogP contribution in [0, 0.1) is 0 Å². The molecule has 1 N–H and O–H groups in total. The normalized spacial score (nSPS) is 15.9. The number of thioether (sulfide) groups is 1. The Hall–Kier alpha value is -0.510. The fraction of sp³-hybridized carbons (Fsp3) is 0.533. The van der Waals surface area contributed by atoms with E-state index in [0.717, 1.165) is 5.56 Å². The van der Waals surface area contributed by atoms with Gasteiger partial charge >= 0.3 is 0 Å². The molecular formula is C15H20Cl2N2O4S2. The van der Waals surface area contributed by atoms with E-state index in [1.54, 1.807) is 12.1 Å². The van der Waals surface area contributed by atoms with Gasteiger partial charge in [0.1, 0.15) is 0 Å². The maximum absolute atomic E-state index is 12.1. The molecule has 0 spiro atoms. The van der Waals surface area contributed by atoms with Gasteiger partial charge in [0.25, 0.3) is 0 Å². The van der Waals surface area contributed by atoms with E-state index >= 15 is 0 Å². The van der Waals surface area contributed by atoms with Crippen LogP contribution in [0.25, 0.3) is 0 Å². The Morgan fingerprint density at radius 3 is 2.68 bits per heavy atom. The molecule has 0 saturated carbocycles. The van der Waals surface area contributed by atoms with E-state index < -0.39 is 10.0 Å². The van der Waals surface area contributed by atoms with E-state index in [9.17, 15) is 13.2 Å². The Bertz CT molecular complexity index is 695. The zero-order valence-corrected chi connectivity index (χ0v) is 16.7. The van der Waals surface area contributed by atoms with Crippen LogP contribution in [0.5, 0.6) is 0 Å². The Kier molecular flexibility index (Phi) is 8.31. The Balaban J connectivity index is 1.66. The molecular weight excluding hydrogens is 407 g/mol. The van der Waals surface area contributed by atoms with Crippen molar-refractivity contribution < 1.29 is 17.9 Å². The standard InChI is InChI=1S/C15H20Cl2N2O4S2/c16-13-2-1-12(14(17)9-13)10-24-11-15(20)18-3-8-25(21,22)19-4-6-23-7-5-19/h1-2,9H,3-8,10-11H2,(H,18,20). The van der Waals surface area contributed by atoms with Crippen molar-refractivity contribution in [2.75, 3.05) is 44.4 Å². The van der Waals surface area contributed by atoms with Crippen molar-refractivity contribution in [2.24, 2.45) is 0 Å². The molecule has 140 valence electrons. The predicted octanol–water partition coefficient (Wildman–Crippen LogP) is 2.00. The van der Waals surface area contributed by atoms with Gasteiger partial charge in [-0.05, 0) is 17.7 Å². The third-order valence-corrected chi connectivity index (χ3v) is 6.99. The molecule has 1 fully saturated rings. The number of hydrogen-bond acceptors (Lipinski definition) is 5. The molecule has 1 amide bonds. The average Bonchev–Trinajstić information content (AvgIpc) is 2.57. The van der Waals surface area contributed by atoms with Crippen LogP contribution in [0.1, 0.15) is 5.56 Å². The van der Waals surface area contributed by atoms with E-state index in [1.807, 2.05) is 6.07 Å². The van der Waals surface area contributed by atoms with Crippen molar-refractivity contribution in [1.29, 1.82) is 0 Å². The molecule has 1 aliphatic rings. The second-order valence-corrected chi connectivity index (χ2v) is 9.32. The topological polar surface area (TPSA) is 75.7 Å². The third kappa shape index (κ3) is 6.96. The highest BCUT2D eigenvalue weighted by Crippen LogP contribution is 2.24. The summed E-state index contributed by atoms with van der Waals surface area (Å²) in [5.41, 5.74) is 0.902. The summed E-state index contributed by atoms with van der Waals surface area (Å²) >= 11 is 13.3. The highest BCUT2D eigenvalue weighted by atomic mass is 35.5. The summed E-state index contributed by atoms with van der Waals surface area (Å²) in [7, 11) is -3.35. The second-order valence-electron chi connectivity index (χ2n) is 5.41. The molecule has 0 bridgehead atoms. The summed E-state index contributed by atoms with van der Waals surface area (Å²) in [6, 6.07) is 5.24. The van der Waals surface area contributed by atoms with E-state index in [1.165, 1.54) is 16.1 Å². The summed E-state index contributed by atoms with van der Waals surface area (Å²) in [6.07, 6.45) is 0. The number of carbonyl (C=O) groups excluding carboxylic acids is 1. The molecule has 10 heteroatoms. The maximum Gasteiger partial charge on any atom is 0.230 e. The van der Waals surface area contributed by atoms with Gasteiger partial charge in [0.2, 0.25) is 15.9 Å². The van der Waals surface area contributed by atoms with Gasteiger partial charge in [0.15, 0.2) is 0 Å². The minimum Gasteiger partial charge on any atom is -0.379 e. The summed E-state index contributed by atoms with van der Waals surface area (Å²) < 4.78 is 30.8. The van der Waals surface area contributed by atoms with Crippen LogP contribution in [0.3, 0.4) is 0 Å². The van der Waals surface area contributed by atoms with Crippen LogP contribution >= 0.6 is 35.0 Å². The van der Waals surface area contributed by atoms with Gasteiger partial charge in [0.05, 0.1) is 24.7 Å². The first-order valence-corrected chi connectivity index (χ1v) is 11.2. The number of morpholine rings is 1. The molecule has 25 heavy (non-hydrogen) atoms. The Morgan fingerprint density at radius 2 is 2.00 bits per heavy atom. The molecule has 2 rings (SSSR count). The fourth-order valence-electron chi connectivity index (χ4n) is 2.22. The molecule has 0 atom stereocenters. The zero-order valence-electron chi connectivity index (χ0n) is 13.5. The lowest BCUT2D eigenvalue weighted by molar-refractivity contribution is -0.118. The SMILES string of the molecule is O=C(CSCc1ccc(Cl)cc1Cl)NCCS(=O)(=O)N1CCOCC1. The number of halogens is 2. The number of amides is 1. The van der Waals surface area contributed by atoms with Gasteiger partial charge in [-0.2, -0.15) is 4.31 Å². The van der Waals surface area contributed by atoms with Gasteiger partial charge in [-0.15, -0.1) is 11.8 Å². The summed E-state index contributed by atoms with van der Waals surface area (Å²) in [5.74, 6) is 0.505. The van der Waals surface area contributed by atoms with Gasteiger partial charge < -0.3 is 10.1 Å². The number of carbonyl (C=O) groups is 1. The number of sulfonamides is 1. The maximum atomic E-state index is 12.1. The first-order chi connectivity index (χ1) is 11.9. The third-order valence-electron chi connectivity index (χ3n) is 3.55. The zero-order chi connectivity index (χ0) is 18.3. The molecule has 1 aromatic carbocycles. The number of nitrogens with one attached hydrogen (secondary N) is 1. The van der Waals surface area contributed by atoms with Crippen LogP contribution in [-0.2, 0) is 25.3 Å². The van der Waals surface area contributed by atoms with Crippen molar-refractivity contribution in [3.05, 3.63) is 33.8 Å². The molecule has 0 aromatic heterocycles. The quantitative estimate of drug-likeness (QED) is 0.687. The number of nitrogens with zero attached hydrogens (tertiary/aromatic N) is 1. The van der Waals surface area contributed by atoms with Gasteiger partial charge in [-0.1, -0.05) is 29.3 Å². The van der Waals surface area contributed by atoms with Crippen LogP contribution in [-0.4, -0.2) is 63.0 Å². The minimum atomic E-state index is -3.35. The summed E-state index contributed by atoms with van der Waals surface area (Å²) in [5, 5.41) is 3.77. The van der Waals surface area contributed by atoms with Crippen molar-refractivity contribution in [3.8, 4) is 0 Å². The molecule has 6 nitrogen and oxygen atoms in total. The number of hydrogen-bond donors (Lipinski definition) is 1. The average molecular weight is 427 g/mol. The van der Waals surface area contributed by atoms with Crippen molar-refractivity contribution in [3.63, 3.8) is 0 Å². The van der Waals surface area contributed by atoms with Crippen molar-refractivity contribution >= 4 is 50.9 Å². The fourth-order valence-corrected chi connectivity index (χ4v) is 4.96. The van der Waals surface area contributed by atoms with Gasteiger partial charge in [-0.25, -0.2) is 8.42 Å². The molecule has 1 aliphatic heterocycles. The first-order valence-electron chi connectivity index (χ1n) is 7.72. The second kappa shape index (κ2) is 9.99. The molecule has 1 aromatic rings. The van der Waals surface area contributed by atoms with Crippen LogP contribution in [0.4, 0.5) is 0 Å². The van der Waals surface area contributed by atoms with Crippen molar-refractivity contribution in [2.45, 2.75) is 5.75 Å². The van der Waals surface area contributed by atoms with E-state index in [-0.39, 0.29) is 24.0 Å². The number of benzene rings is 1. The monoisotopic (exact) mass is 426 g/mol. The number of ether oxygens (including phenoxy) is 1. The summed E-state index contributed by atoms with van der Waals surface area (Å²) in [4.78, 5) is 11.8. The molecule has 0 unspecified atom stereocenters. The lowest BCUT2D eigenvalue weighted by Gasteiger charge is -2.26. The lowest BCUT2D eigenvalue weighted by Crippen LogP contribution is -2.43. The van der Waals surface area contributed by atoms with E-state index in [2.05, 4.69) is 5.32 Å². The van der Waals surface area contributed by atoms with E-state index in [4.69, 9.17) is 27.9 Å². The predicted molar refractivity (Wildman–Crippen MR) is 102 cm³/mol. The Labute approximate surface area is 162 Å². The molecule has 1 saturated heterocycles. The molecule has 0 radical (unpaired) electrons. The molecule has 0 aliphatic carbocycles. The molecule has 1 heterocycles. The van der Waals surface area contributed by atoms with Gasteiger partial charge in [0, 0.05) is 35.4 Å². The highest BCUT2D eigenvalue weighted by Gasteiger charge is 2.23. The largest absolute Gasteiger partial charge is 0.379 e. The van der Waals surface area contributed by atoms with Crippen molar-refractivity contribution in [1.82, 2.24) is 9.62 Å². The van der Waals surface area contributed by atoms with Gasteiger partial charge in [-0.3, -0.25) is 4.79 Å². The van der Waals surface area contributed by atoms with Crippen LogP contribution < -0.4 is 5.32 Å². The summed E-state index contributed by atoms with van der Waals surface area (Å²) in [6.45, 7) is 1.66. The number of rotatable bonds is 8. The Morgan fingerprint density at radius 1 is 1.28 bits per heavy atom.